The van der Waals surface area contributed by atoms with Gasteiger partial charge in [-0.15, -0.1) is 0 Å². The number of nitrogens with one attached hydrogen (secondary N) is 1. The number of carboxylic acids is 1. The highest BCUT2D eigenvalue weighted by Crippen LogP contribution is 2.27. The van der Waals surface area contributed by atoms with Crippen LogP contribution in [0.4, 0.5) is 0 Å². The van der Waals surface area contributed by atoms with Gasteiger partial charge in [0.15, 0.2) is 0 Å². The summed E-state index contributed by atoms with van der Waals surface area (Å²) in [6.07, 6.45) is 1.67. The van der Waals surface area contributed by atoms with Gasteiger partial charge in [-0.05, 0) is 11.8 Å². The average Bonchev–Trinajstić information content (AvgIpc) is 1.99. The molecule has 0 fully saturated rings. The number of hydrogen-bond acceptors (Lipinski definition) is 2. The number of amides is 1. The van der Waals surface area contributed by atoms with E-state index in [4.69, 9.17) is 5.11 Å². The lowest BCUT2D eigenvalue weighted by molar-refractivity contribution is -0.145. The SMILES string of the molecule is CCCC(C)(C)C(NC(C)=O)C(=O)O. The Hall–Kier alpha value is -1.06. The van der Waals surface area contributed by atoms with Crippen LogP contribution in [0, 0.1) is 5.41 Å². The zero-order valence-electron chi connectivity index (χ0n) is 9.26. The van der Waals surface area contributed by atoms with Gasteiger partial charge in [0.05, 0.1) is 0 Å². The monoisotopic (exact) mass is 201 g/mol. The molecular weight excluding hydrogens is 182 g/mol. The highest BCUT2D eigenvalue weighted by atomic mass is 16.4. The molecule has 1 unspecified atom stereocenters. The summed E-state index contributed by atoms with van der Waals surface area (Å²) in [5.41, 5.74) is -0.410. The van der Waals surface area contributed by atoms with Crippen LogP contribution in [-0.4, -0.2) is 23.0 Å². The molecule has 0 aromatic heterocycles. The third kappa shape index (κ3) is 3.77. The van der Waals surface area contributed by atoms with Crippen LogP contribution < -0.4 is 5.32 Å². The molecule has 1 amide bonds. The van der Waals surface area contributed by atoms with Crippen LogP contribution in [-0.2, 0) is 9.59 Å². The summed E-state index contributed by atoms with van der Waals surface area (Å²) < 4.78 is 0. The number of carboxylic acid groups (broad SMARTS) is 1. The summed E-state index contributed by atoms with van der Waals surface area (Å²) in [6, 6.07) is -0.806. The van der Waals surface area contributed by atoms with E-state index in [1.807, 2.05) is 20.8 Å². The van der Waals surface area contributed by atoms with Crippen molar-refractivity contribution in [2.45, 2.75) is 46.6 Å². The lowest BCUT2D eigenvalue weighted by Crippen LogP contribution is -2.49. The van der Waals surface area contributed by atoms with Gasteiger partial charge < -0.3 is 10.4 Å². The first-order valence-electron chi connectivity index (χ1n) is 4.81. The Morgan fingerprint density at radius 3 is 2.21 bits per heavy atom. The van der Waals surface area contributed by atoms with Gasteiger partial charge in [-0.2, -0.15) is 0 Å². The van der Waals surface area contributed by atoms with Crippen molar-refractivity contribution in [3.63, 3.8) is 0 Å². The summed E-state index contributed by atoms with van der Waals surface area (Å²) in [7, 11) is 0. The molecule has 0 aromatic rings. The molecule has 0 saturated carbocycles. The molecule has 0 bridgehead atoms. The first-order valence-corrected chi connectivity index (χ1v) is 4.81. The molecule has 0 rings (SSSR count). The Kier molecular flexibility index (Phi) is 4.60. The van der Waals surface area contributed by atoms with Crippen molar-refractivity contribution in [1.82, 2.24) is 5.32 Å². The Morgan fingerprint density at radius 1 is 1.43 bits per heavy atom. The van der Waals surface area contributed by atoms with Gasteiger partial charge >= 0.3 is 5.97 Å². The third-order valence-corrected chi connectivity index (χ3v) is 2.27. The highest BCUT2D eigenvalue weighted by Gasteiger charge is 2.34. The molecule has 0 aromatic carbocycles. The second kappa shape index (κ2) is 4.98. The van der Waals surface area contributed by atoms with Crippen molar-refractivity contribution in [3.8, 4) is 0 Å². The summed E-state index contributed by atoms with van der Waals surface area (Å²) in [6.45, 7) is 7.03. The molecule has 0 aliphatic heterocycles. The second-order valence-corrected chi connectivity index (χ2v) is 4.21. The minimum absolute atomic E-state index is 0.304. The maximum atomic E-state index is 10.9. The van der Waals surface area contributed by atoms with Crippen molar-refractivity contribution in [2.24, 2.45) is 5.41 Å². The smallest absolute Gasteiger partial charge is 0.326 e. The zero-order valence-corrected chi connectivity index (χ0v) is 9.26. The molecule has 82 valence electrons. The molecule has 0 radical (unpaired) electrons. The quantitative estimate of drug-likeness (QED) is 0.706. The molecule has 4 nitrogen and oxygen atoms in total. The second-order valence-electron chi connectivity index (χ2n) is 4.21. The van der Waals surface area contributed by atoms with Crippen LogP contribution in [0.25, 0.3) is 0 Å². The lowest BCUT2D eigenvalue weighted by Gasteiger charge is -2.31. The van der Waals surface area contributed by atoms with Gasteiger partial charge in [0, 0.05) is 6.92 Å². The standard InChI is InChI=1S/C10H19NO3/c1-5-6-10(3,4)8(9(13)14)11-7(2)12/h8H,5-6H2,1-4H3,(H,11,12)(H,13,14). The molecule has 0 saturated heterocycles. The highest BCUT2D eigenvalue weighted by molar-refractivity contribution is 5.82. The van der Waals surface area contributed by atoms with E-state index >= 15 is 0 Å². The van der Waals surface area contributed by atoms with E-state index in [0.717, 1.165) is 12.8 Å². The minimum atomic E-state index is -0.973. The fraction of sp³-hybridized carbons (Fsp3) is 0.800. The molecule has 2 N–H and O–H groups in total. The van der Waals surface area contributed by atoms with Crippen LogP contribution in [0.2, 0.25) is 0 Å². The van der Waals surface area contributed by atoms with E-state index in [1.165, 1.54) is 6.92 Å². The Labute approximate surface area is 84.7 Å². The molecule has 0 aliphatic carbocycles. The first kappa shape index (κ1) is 12.9. The maximum Gasteiger partial charge on any atom is 0.326 e. The Morgan fingerprint density at radius 2 is 1.93 bits per heavy atom. The molecule has 14 heavy (non-hydrogen) atoms. The number of aliphatic carboxylic acids is 1. The van der Waals surface area contributed by atoms with E-state index in [0.29, 0.717) is 0 Å². The van der Waals surface area contributed by atoms with Crippen LogP contribution in [0.3, 0.4) is 0 Å². The third-order valence-electron chi connectivity index (χ3n) is 2.27. The van der Waals surface area contributed by atoms with Gasteiger partial charge in [0.1, 0.15) is 6.04 Å². The van der Waals surface area contributed by atoms with Crippen LogP contribution in [0.5, 0.6) is 0 Å². The van der Waals surface area contributed by atoms with E-state index in [2.05, 4.69) is 5.32 Å². The van der Waals surface area contributed by atoms with E-state index in [1.54, 1.807) is 0 Å². The van der Waals surface area contributed by atoms with Crippen molar-refractivity contribution in [1.29, 1.82) is 0 Å². The summed E-state index contributed by atoms with van der Waals surface area (Å²) in [5.74, 6) is -1.28. The molecule has 0 heterocycles. The molecule has 4 heteroatoms. The molecule has 0 spiro atoms. The fourth-order valence-corrected chi connectivity index (χ4v) is 1.58. The van der Waals surface area contributed by atoms with E-state index in [-0.39, 0.29) is 5.91 Å². The van der Waals surface area contributed by atoms with Crippen LogP contribution in [0.1, 0.15) is 40.5 Å². The number of hydrogen-bond donors (Lipinski definition) is 2. The normalized spacial score (nSPS) is 13.4. The Balaban J connectivity index is 4.62. The van der Waals surface area contributed by atoms with Crippen molar-refractivity contribution >= 4 is 11.9 Å². The summed E-state index contributed by atoms with van der Waals surface area (Å²) in [4.78, 5) is 21.8. The van der Waals surface area contributed by atoms with Gasteiger partial charge in [0.2, 0.25) is 5.91 Å². The van der Waals surface area contributed by atoms with Crippen molar-refractivity contribution in [2.75, 3.05) is 0 Å². The van der Waals surface area contributed by atoms with Gasteiger partial charge in [-0.1, -0.05) is 27.2 Å². The predicted molar refractivity (Wildman–Crippen MR) is 53.9 cm³/mol. The van der Waals surface area contributed by atoms with Crippen molar-refractivity contribution < 1.29 is 14.7 Å². The fourth-order valence-electron chi connectivity index (χ4n) is 1.58. The zero-order chi connectivity index (χ0) is 11.4. The summed E-state index contributed by atoms with van der Waals surface area (Å²) >= 11 is 0. The minimum Gasteiger partial charge on any atom is -0.480 e. The maximum absolute atomic E-state index is 10.9. The molecule has 1 atom stereocenters. The molecule has 0 aliphatic rings. The van der Waals surface area contributed by atoms with E-state index < -0.39 is 17.4 Å². The van der Waals surface area contributed by atoms with Crippen LogP contribution in [0.15, 0.2) is 0 Å². The average molecular weight is 201 g/mol. The topological polar surface area (TPSA) is 66.4 Å². The number of rotatable bonds is 5. The Bertz CT molecular complexity index is 223. The van der Waals surface area contributed by atoms with Crippen LogP contribution >= 0.6 is 0 Å². The predicted octanol–water partition coefficient (Wildman–Crippen LogP) is 1.40. The summed E-state index contributed by atoms with van der Waals surface area (Å²) in [5, 5.41) is 11.4. The van der Waals surface area contributed by atoms with Gasteiger partial charge in [-0.3, -0.25) is 4.79 Å². The van der Waals surface area contributed by atoms with Gasteiger partial charge in [-0.25, -0.2) is 4.79 Å². The largest absolute Gasteiger partial charge is 0.480 e. The van der Waals surface area contributed by atoms with Gasteiger partial charge in [0.25, 0.3) is 0 Å². The number of carbonyl (C=O) groups is 2. The van der Waals surface area contributed by atoms with E-state index in [9.17, 15) is 9.59 Å². The lowest BCUT2D eigenvalue weighted by atomic mass is 9.80. The number of carbonyl (C=O) groups excluding carboxylic acids is 1. The molecular formula is C10H19NO3. The first-order chi connectivity index (χ1) is 6.31. The van der Waals surface area contributed by atoms with Crippen molar-refractivity contribution in [3.05, 3.63) is 0 Å².